The van der Waals surface area contributed by atoms with Crippen LogP contribution in [-0.2, 0) is 13.2 Å². The molecule has 0 aliphatic rings. The summed E-state index contributed by atoms with van der Waals surface area (Å²) in [5.74, 6) is 1.73. The molecule has 0 atom stereocenters. The van der Waals surface area contributed by atoms with Crippen LogP contribution >= 0.6 is 0 Å². The highest BCUT2D eigenvalue weighted by Gasteiger charge is 2.09. The zero-order valence-corrected chi connectivity index (χ0v) is 12.5. The smallest absolute Gasteiger partial charge is 0.162 e. The summed E-state index contributed by atoms with van der Waals surface area (Å²) in [5.41, 5.74) is 2.03. The number of rotatable bonds is 7. The fraction of sp³-hybridized carbons (Fsp3) is 0.235. The molecule has 1 N–H and O–H groups in total. The number of carbonyl (C=O) groups is 1. The van der Waals surface area contributed by atoms with Crippen molar-refractivity contribution in [2.75, 3.05) is 14.2 Å². The van der Waals surface area contributed by atoms with E-state index >= 15 is 0 Å². The third kappa shape index (κ3) is 3.56. The number of hydrogen-bond acceptors (Lipinski definition) is 5. The summed E-state index contributed by atoms with van der Waals surface area (Å²) < 4.78 is 16.3. The maximum Gasteiger partial charge on any atom is 0.162 e. The van der Waals surface area contributed by atoms with Crippen LogP contribution in [0.25, 0.3) is 0 Å². The molecule has 5 nitrogen and oxygen atoms in total. The molecule has 0 aliphatic heterocycles. The summed E-state index contributed by atoms with van der Waals surface area (Å²) in [4.78, 5) is 10.9. The van der Waals surface area contributed by atoms with Crippen molar-refractivity contribution in [1.29, 1.82) is 0 Å². The highest BCUT2D eigenvalue weighted by molar-refractivity contribution is 5.75. The maximum atomic E-state index is 10.9. The molecule has 0 heterocycles. The number of benzene rings is 2. The molecule has 0 unspecified atom stereocenters. The molecule has 0 bridgehead atoms. The SMILES string of the molecule is COc1ccc(C=O)cc1COc1cc(CO)ccc1OC. The van der Waals surface area contributed by atoms with Gasteiger partial charge in [0.05, 0.1) is 20.8 Å². The molecule has 0 saturated heterocycles. The van der Waals surface area contributed by atoms with Gasteiger partial charge in [0.15, 0.2) is 11.5 Å². The molecular weight excluding hydrogens is 284 g/mol. The maximum absolute atomic E-state index is 10.9. The fourth-order valence-corrected chi connectivity index (χ4v) is 2.07. The Hall–Kier alpha value is -2.53. The Bertz CT molecular complexity index is 651. The lowest BCUT2D eigenvalue weighted by atomic mass is 10.1. The van der Waals surface area contributed by atoms with E-state index in [0.29, 0.717) is 22.8 Å². The quantitative estimate of drug-likeness (QED) is 0.796. The van der Waals surface area contributed by atoms with Crippen molar-refractivity contribution < 1.29 is 24.1 Å². The van der Waals surface area contributed by atoms with Crippen LogP contribution in [0.4, 0.5) is 0 Å². The first-order valence-electron chi connectivity index (χ1n) is 6.74. The van der Waals surface area contributed by atoms with Gasteiger partial charge in [0.1, 0.15) is 18.6 Å². The van der Waals surface area contributed by atoms with Crippen molar-refractivity contribution in [3.8, 4) is 17.2 Å². The summed E-state index contributed by atoms with van der Waals surface area (Å²) >= 11 is 0. The largest absolute Gasteiger partial charge is 0.496 e. The van der Waals surface area contributed by atoms with Gasteiger partial charge in [0.25, 0.3) is 0 Å². The summed E-state index contributed by atoms with van der Waals surface area (Å²) in [7, 11) is 3.11. The van der Waals surface area contributed by atoms with E-state index in [-0.39, 0.29) is 13.2 Å². The van der Waals surface area contributed by atoms with Crippen molar-refractivity contribution in [1.82, 2.24) is 0 Å². The molecule has 2 aromatic carbocycles. The highest BCUT2D eigenvalue weighted by Crippen LogP contribution is 2.30. The first-order chi connectivity index (χ1) is 10.7. The van der Waals surface area contributed by atoms with Crippen LogP contribution < -0.4 is 14.2 Å². The second kappa shape index (κ2) is 7.47. The van der Waals surface area contributed by atoms with Crippen LogP contribution in [0, 0.1) is 0 Å². The highest BCUT2D eigenvalue weighted by atomic mass is 16.5. The second-order valence-electron chi connectivity index (χ2n) is 4.62. The van der Waals surface area contributed by atoms with Gasteiger partial charge >= 0.3 is 0 Å². The van der Waals surface area contributed by atoms with Crippen molar-refractivity contribution in [2.45, 2.75) is 13.2 Å². The zero-order chi connectivity index (χ0) is 15.9. The zero-order valence-electron chi connectivity index (χ0n) is 12.5. The van der Waals surface area contributed by atoms with Gasteiger partial charge in [0.2, 0.25) is 0 Å². The molecule has 5 heteroatoms. The van der Waals surface area contributed by atoms with Gasteiger partial charge in [-0.1, -0.05) is 6.07 Å². The van der Waals surface area contributed by atoms with Crippen LogP contribution in [0.3, 0.4) is 0 Å². The third-order valence-electron chi connectivity index (χ3n) is 3.23. The topological polar surface area (TPSA) is 65.0 Å². The number of aldehydes is 1. The average molecular weight is 302 g/mol. The Balaban J connectivity index is 2.24. The van der Waals surface area contributed by atoms with E-state index < -0.39 is 0 Å². The predicted octanol–water partition coefficient (Wildman–Crippen LogP) is 2.59. The first-order valence-corrected chi connectivity index (χ1v) is 6.74. The second-order valence-corrected chi connectivity index (χ2v) is 4.62. The Morgan fingerprint density at radius 1 is 1.00 bits per heavy atom. The molecule has 0 aliphatic carbocycles. The van der Waals surface area contributed by atoms with Gasteiger partial charge < -0.3 is 19.3 Å². The van der Waals surface area contributed by atoms with Crippen LogP contribution in [-0.4, -0.2) is 25.6 Å². The number of methoxy groups -OCH3 is 2. The minimum atomic E-state index is -0.0791. The summed E-state index contributed by atoms with van der Waals surface area (Å²) in [6, 6.07) is 10.3. The van der Waals surface area contributed by atoms with Gasteiger partial charge in [-0.25, -0.2) is 0 Å². The minimum absolute atomic E-state index is 0.0791. The normalized spacial score (nSPS) is 10.1. The lowest BCUT2D eigenvalue weighted by molar-refractivity contribution is 0.112. The van der Waals surface area contributed by atoms with Gasteiger partial charge in [-0.05, 0) is 35.9 Å². The molecule has 116 valence electrons. The molecule has 2 aromatic rings. The predicted molar refractivity (Wildman–Crippen MR) is 81.6 cm³/mol. The molecule has 2 rings (SSSR count). The van der Waals surface area contributed by atoms with E-state index in [1.165, 1.54) is 0 Å². The number of hydrogen-bond donors (Lipinski definition) is 1. The summed E-state index contributed by atoms with van der Waals surface area (Å²) in [6.07, 6.45) is 0.774. The summed E-state index contributed by atoms with van der Waals surface area (Å²) in [5, 5.41) is 9.21. The van der Waals surface area contributed by atoms with E-state index in [4.69, 9.17) is 14.2 Å². The lowest BCUT2D eigenvalue weighted by Crippen LogP contribution is -2.01. The Morgan fingerprint density at radius 2 is 1.73 bits per heavy atom. The van der Waals surface area contributed by atoms with Crippen molar-refractivity contribution in [2.24, 2.45) is 0 Å². The van der Waals surface area contributed by atoms with Gasteiger partial charge in [0, 0.05) is 11.1 Å². The van der Waals surface area contributed by atoms with Crippen LogP contribution in [0.2, 0.25) is 0 Å². The number of ether oxygens (including phenoxy) is 3. The van der Waals surface area contributed by atoms with E-state index in [0.717, 1.165) is 17.4 Å². The Morgan fingerprint density at radius 3 is 2.36 bits per heavy atom. The monoisotopic (exact) mass is 302 g/mol. The van der Waals surface area contributed by atoms with Crippen LogP contribution in [0.5, 0.6) is 17.2 Å². The standard InChI is InChI=1S/C17H18O5/c1-20-15-5-3-12(9-18)7-14(15)11-22-17-8-13(10-19)4-6-16(17)21-2/h3-9,19H,10-11H2,1-2H3. The molecule has 0 saturated carbocycles. The molecule has 0 aromatic heterocycles. The van der Waals surface area contributed by atoms with Crippen molar-refractivity contribution in [3.05, 3.63) is 53.1 Å². The molecule has 0 amide bonds. The Labute approximate surface area is 129 Å². The third-order valence-corrected chi connectivity index (χ3v) is 3.23. The number of aliphatic hydroxyl groups is 1. The first kappa shape index (κ1) is 15.9. The molecule has 22 heavy (non-hydrogen) atoms. The summed E-state index contributed by atoms with van der Waals surface area (Å²) in [6.45, 7) is 0.139. The number of carbonyl (C=O) groups excluding carboxylic acids is 1. The fourth-order valence-electron chi connectivity index (χ4n) is 2.07. The molecule has 0 spiro atoms. The van der Waals surface area contributed by atoms with Gasteiger partial charge in [-0.2, -0.15) is 0 Å². The Kier molecular flexibility index (Phi) is 5.38. The van der Waals surface area contributed by atoms with Crippen LogP contribution in [0.1, 0.15) is 21.5 Å². The van der Waals surface area contributed by atoms with Crippen LogP contribution in [0.15, 0.2) is 36.4 Å². The lowest BCUT2D eigenvalue weighted by Gasteiger charge is -2.14. The van der Waals surface area contributed by atoms with E-state index in [1.54, 1.807) is 50.6 Å². The van der Waals surface area contributed by atoms with Gasteiger partial charge in [-0.15, -0.1) is 0 Å². The molecule has 0 fully saturated rings. The average Bonchev–Trinajstić information content (AvgIpc) is 2.59. The van der Waals surface area contributed by atoms with Gasteiger partial charge in [-0.3, -0.25) is 4.79 Å². The van der Waals surface area contributed by atoms with Crippen molar-refractivity contribution in [3.63, 3.8) is 0 Å². The molecule has 0 radical (unpaired) electrons. The number of aliphatic hydroxyl groups excluding tert-OH is 1. The molecular formula is C17H18O5. The van der Waals surface area contributed by atoms with E-state index in [9.17, 15) is 9.90 Å². The van der Waals surface area contributed by atoms with E-state index in [1.807, 2.05) is 0 Å². The van der Waals surface area contributed by atoms with Crippen molar-refractivity contribution >= 4 is 6.29 Å². The minimum Gasteiger partial charge on any atom is -0.496 e. The van der Waals surface area contributed by atoms with E-state index in [2.05, 4.69) is 0 Å².